The van der Waals surface area contributed by atoms with Crippen molar-refractivity contribution in [2.75, 3.05) is 26.6 Å². The number of ether oxygens (including phenoxy) is 3. The molecule has 3 heterocycles. The number of carbonyl (C=O) groups is 1. The van der Waals surface area contributed by atoms with Crippen LogP contribution in [0.1, 0.15) is 47.9 Å². The van der Waals surface area contributed by atoms with Gasteiger partial charge in [-0.15, -0.1) is 10.2 Å². The molecule has 2 aromatic rings. The van der Waals surface area contributed by atoms with Crippen molar-refractivity contribution in [3.63, 3.8) is 0 Å². The second-order valence-electron chi connectivity index (χ2n) is 6.29. The third-order valence-electron chi connectivity index (χ3n) is 4.24. The van der Waals surface area contributed by atoms with Gasteiger partial charge in [0.15, 0.2) is 11.5 Å². The predicted molar refractivity (Wildman–Crippen MR) is 85.5 cm³/mol. The molecule has 2 aliphatic heterocycles. The highest BCUT2D eigenvalue weighted by atomic mass is 16.7. The lowest BCUT2D eigenvalue weighted by Gasteiger charge is -2.33. The number of benzene rings is 1. The molecule has 1 fully saturated rings. The molecule has 25 heavy (non-hydrogen) atoms. The fourth-order valence-corrected chi connectivity index (χ4v) is 2.86. The molecule has 0 aliphatic carbocycles. The Morgan fingerprint density at radius 1 is 1.24 bits per heavy atom. The Labute approximate surface area is 144 Å². The van der Waals surface area contributed by atoms with Gasteiger partial charge in [0, 0.05) is 18.0 Å². The molecule has 0 N–H and O–H groups in total. The first-order valence-electron chi connectivity index (χ1n) is 8.25. The van der Waals surface area contributed by atoms with Crippen LogP contribution in [0.15, 0.2) is 22.6 Å². The average molecular weight is 345 g/mol. The lowest BCUT2D eigenvalue weighted by Crippen LogP contribution is -2.43. The van der Waals surface area contributed by atoms with Gasteiger partial charge in [-0.1, -0.05) is 13.8 Å². The van der Waals surface area contributed by atoms with E-state index in [9.17, 15) is 4.79 Å². The van der Waals surface area contributed by atoms with Crippen LogP contribution in [0.4, 0.5) is 0 Å². The summed E-state index contributed by atoms with van der Waals surface area (Å²) in [6.45, 7) is 5.38. The van der Waals surface area contributed by atoms with Gasteiger partial charge in [0.05, 0.1) is 13.2 Å². The molecule has 1 saturated heterocycles. The number of hydrogen-bond acceptors (Lipinski definition) is 7. The van der Waals surface area contributed by atoms with E-state index in [2.05, 4.69) is 10.2 Å². The summed E-state index contributed by atoms with van der Waals surface area (Å²) in [5, 5.41) is 8.17. The first kappa shape index (κ1) is 15.9. The molecular weight excluding hydrogens is 326 g/mol. The van der Waals surface area contributed by atoms with Crippen molar-refractivity contribution in [1.29, 1.82) is 0 Å². The van der Waals surface area contributed by atoms with E-state index in [1.54, 1.807) is 23.1 Å². The lowest BCUT2D eigenvalue weighted by atomic mass is 10.1. The van der Waals surface area contributed by atoms with Gasteiger partial charge in [-0.05, 0) is 18.2 Å². The minimum Gasteiger partial charge on any atom is -0.454 e. The van der Waals surface area contributed by atoms with Crippen molar-refractivity contribution < 1.29 is 23.4 Å². The van der Waals surface area contributed by atoms with Gasteiger partial charge in [0.2, 0.25) is 18.6 Å². The molecule has 0 bridgehead atoms. The number of carbonyl (C=O) groups excluding carboxylic acids is 1. The van der Waals surface area contributed by atoms with Crippen molar-refractivity contribution in [2.45, 2.75) is 25.8 Å². The summed E-state index contributed by atoms with van der Waals surface area (Å²) in [5.41, 5.74) is 0.528. The van der Waals surface area contributed by atoms with Crippen LogP contribution in [-0.4, -0.2) is 47.6 Å². The van der Waals surface area contributed by atoms with Crippen LogP contribution in [0.3, 0.4) is 0 Å². The lowest BCUT2D eigenvalue weighted by molar-refractivity contribution is -0.0107. The van der Waals surface area contributed by atoms with E-state index < -0.39 is 6.04 Å². The minimum atomic E-state index is -0.397. The van der Waals surface area contributed by atoms with E-state index >= 15 is 0 Å². The Bertz CT molecular complexity index is 788. The number of hydrogen-bond donors (Lipinski definition) is 0. The van der Waals surface area contributed by atoms with Crippen molar-refractivity contribution in [1.82, 2.24) is 15.1 Å². The zero-order valence-corrected chi connectivity index (χ0v) is 14.1. The second-order valence-corrected chi connectivity index (χ2v) is 6.29. The maximum absolute atomic E-state index is 13.0. The maximum Gasteiger partial charge on any atom is 0.254 e. The maximum atomic E-state index is 13.0. The normalized spacial score (nSPS) is 19.5. The molecule has 132 valence electrons. The van der Waals surface area contributed by atoms with Crippen molar-refractivity contribution in [2.24, 2.45) is 0 Å². The molecule has 0 unspecified atom stereocenters. The van der Waals surface area contributed by atoms with Gasteiger partial charge in [-0.25, -0.2) is 0 Å². The first-order valence-corrected chi connectivity index (χ1v) is 8.25. The number of fused-ring (bicyclic) bond motifs is 1. The van der Waals surface area contributed by atoms with Crippen LogP contribution in [0.2, 0.25) is 0 Å². The summed E-state index contributed by atoms with van der Waals surface area (Å²) in [5.74, 6) is 2.18. The van der Waals surface area contributed by atoms with Crippen LogP contribution < -0.4 is 9.47 Å². The van der Waals surface area contributed by atoms with Crippen molar-refractivity contribution in [3.8, 4) is 11.5 Å². The number of aromatic nitrogens is 2. The highest BCUT2D eigenvalue weighted by molar-refractivity contribution is 5.95. The summed E-state index contributed by atoms with van der Waals surface area (Å²) in [7, 11) is 0. The van der Waals surface area contributed by atoms with Crippen LogP contribution >= 0.6 is 0 Å². The predicted octanol–water partition coefficient (Wildman–Crippen LogP) is 2.14. The zero-order valence-electron chi connectivity index (χ0n) is 14.1. The molecule has 8 heteroatoms. The van der Waals surface area contributed by atoms with E-state index in [4.69, 9.17) is 18.6 Å². The number of nitrogens with zero attached hydrogens (tertiary/aromatic N) is 3. The molecule has 1 atom stereocenters. The third-order valence-corrected chi connectivity index (χ3v) is 4.24. The average Bonchev–Trinajstić information content (AvgIpc) is 3.29. The zero-order chi connectivity index (χ0) is 17.4. The van der Waals surface area contributed by atoms with Gasteiger partial charge in [-0.2, -0.15) is 0 Å². The molecule has 0 radical (unpaired) electrons. The molecule has 8 nitrogen and oxygen atoms in total. The molecule has 2 aliphatic rings. The van der Waals surface area contributed by atoms with E-state index in [-0.39, 0.29) is 18.6 Å². The van der Waals surface area contributed by atoms with E-state index in [1.165, 1.54) is 0 Å². The standard InChI is InChI=1S/C17H19N3O5/c1-10(2)15-18-19-16(25-15)12-8-22-6-5-20(12)17(21)11-3-4-13-14(7-11)24-9-23-13/h3-4,7,10,12H,5-6,8-9H2,1-2H3/t12-/m0/s1. The van der Waals surface area contributed by atoms with Gasteiger partial charge in [-0.3, -0.25) is 4.79 Å². The summed E-state index contributed by atoms with van der Waals surface area (Å²) in [4.78, 5) is 14.7. The molecule has 4 rings (SSSR count). The summed E-state index contributed by atoms with van der Waals surface area (Å²) >= 11 is 0. The third kappa shape index (κ3) is 2.93. The monoisotopic (exact) mass is 345 g/mol. The molecule has 0 spiro atoms. The van der Waals surface area contributed by atoms with Crippen molar-refractivity contribution in [3.05, 3.63) is 35.5 Å². The van der Waals surface area contributed by atoms with E-state index in [0.29, 0.717) is 48.6 Å². The van der Waals surface area contributed by atoms with Crippen LogP contribution in [-0.2, 0) is 4.74 Å². The van der Waals surface area contributed by atoms with Gasteiger partial charge >= 0.3 is 0 Å². The molecule has 1 aromatic heterocycles. The smallest absolute Gasteiger partial charge is 0.254 e. The number of amides is 1. The summed E-state index contributed by atoms with van der Waals surface area (Å²) < 4.78 is 21.9. The second kappa shape index (κ2) is 6.36. The quantitative estimate of drug-likeness (QED) is 0.842. The fraction of sp³-hybridized carbons (Fsp3) is 0.471. The Morgan fingerprint density at radius 3 is 2.88 bits per heavy atom. The Balaban J connectivity index is 1.60. The minimum absolute atomic E-state index is 0.128. The highest BCUT2D eigenvalue weighted by Gasteiger charge is 2.34. The Morgan fingerprint density at radius 2 is 2.08 bits per heavy atom. The van der Waals surface area contributed by atoms with Crippen LogP contribution in [0, 0.1) is 0 Å². The fourth-order valence-electron chi connectivity index (χ4n) is 2.86. The van der Waals surface area contributed by atoms with Crippen LogP contribution in [0.25, 0.3) is 0 Å². The van der Waals surface area contributed by atoms with Gasteiger partial charge in [0.1, 0.15) is 6.04 Å². The Hall–Kier alpha value is -2.61. The van der Waals surface area contributed by atoms with Gasteiger partial charge in [0.25, 0.3) is 5.91 Å². The molecule has 1 aromatic carbocycles. The van der Waals surface area contributed by atoms with E-state index in [1.807, 2.05) is 13.8 Å². The van der Waals surface area contributed by atoms with E-state index in [0.717, 1.165) is 0 Å². The summed E-state index contributed by atoms with van der Waals surface area (Å²) in [6.07, 6.45) is 0. The molecule has 1 amide bonds. The highest BCUT2D eigenvalue weighted by Crippen LogP contribution is 2.34. The van der Waals surface area contributed by atoms with Crippen LogP contribution in [0.5, 0.6) is 11.5 Å². The number of morpholine rings is 1. The topological polar surface area (TPSA) is 86.9 Å². The molecule has 0 saturated carbocycles. The summed E-state index contributed by atoms with van der Waals surface area (Å²) in [6, 6.07) is 4.78. The Kier molecular flexibility index (Phi) is 4.04. The molecular formula is C17H19N3O5. The SMILES string of the molecule is CC(C)c1nnc([C@@H]2COCCN2C(=O)c2ccc3c(c2)OCO3)o1. The van der Waals surface area contributed by atoms with Gasteiger partial charge < -0.3 is 23.5 Å². The number of rotatable bonds is 3. The first-order chi connectivity index (χ1) is 12.1. The largest absolute Gasteiger partial charge is 0.454 e. The van der Waals surface area contributed by atoms with Crippen molar-refractivity contribution >= 4 is 5.91 Å².